The minimum absolute atomic E-state index is 0.0155. The summed E-state index contributed by atoms with van der Waals surface area (Å²) in [6.45, 7) is 8.74. The smallest absolute Gasteiger partial charge is 0.191 e. The number of methoxy groups -OCH3 is 1. The minimum Gasteiger partial charge on any atom is -0.497 e. The van der Waals surface area contributed by atoms with Crippen molar-refractivity contribution in [1.29, 1.82) is 0 Å². The van der Waals surface area contributed by atoms with Gasteiger partial charge in [-0.25, -0.2) is 0 Å². The van der Waals surface area contributed by atoms with Gasteiger partial charge in [0, 0.05) is 23.7 Å². The van der Waals surface area contributed by atoms with Crippen LogP contribution in [0, 0.1) is 0 Å². The number of likely N-dealkylation sites (N-methyl/N-ethyl adjacent to an activating group) is 1. The number of nitrogens with zero attached hydrogens (tertiary/aromatic N) is 2. The first-order chi connectivity index (χ1) is 11.3. The number of nitrogens with one attached hydrogen (secondary N) is 2. The van der Waals surface area contributed by atoms with Gasteiger partial charge in [-0.3, -0.25) is 4.99 Å². The van der Waals surface area contributed by atoms with Gasteiger partial charge >= 0.3 is 0 Å². The van der Waals surface area contributed by atoms with Gasteiger partial charge in [-0.2, -0.15) is 0 Å². The van der Waals surface area contributed by atoms with Crippen molar-refractivity contribution >= 4 is 17.6 Å². The third kappa shape index (κ3) is 6.57. The summed E-state index contributed by atoms with van der Waals surface area (Å²) >= 11 is 6.28. The summed E-state index contributed by atoms with van der Waals surface area (Å²) in [4.78, 5) is 6.86. The zero-order valence-corrected chi connectivity index (χ0v) is 16.5. The van der Waals surface area contributed by atoms with Gasteiger partial charge in [0.25, 0.3) is 0 Å². The Morgan fingerprint density at radius 2 is 2.00 bits per heavy atom. The van der Waals surface area contributed by atoms with Crippen molar-refractivity contribution in [1.82, 2.24) is 15.5 Å². The Hall–Kier alpha value is -1.46. The van der Waals surface area contributed by atoms with Crippen LogP contribution in [0.4, 0.5) is 0 Å². The average molecular weight is 355 g/mol. The number of halogens is 1. The maximum atomic E-state index is 6.28. The molecule has 2 N–H and O–H groups in total. The second-order valence-corrected chi connectivity index (χ2v) is 6.94. The maximum absolute atomic E-state index is 6.28. The fourth-order valence-corrected chi connectivity index (χ4v) is 2.19. The third-order valence-electron chi connectivity index (χ3n) is 4.13. The van der Waals surface area contributed by atoms with Crippen molar-refractivity contribution in [2.75, 3.05) is 40.8 Å². The number of guanidine groups is 1. The largest absolute Gasteiger partial charge is 0.497 e. The van der Waals surface area contributed by atoms with Crippen molar-refractivity contribution in [3.8, 4) is 5.75 Å². The van der Waals surface area contributed by atoms with Gasteiger partial charge in [-0.15, -0.1) is 0 Å². The molecule has 5 nitrogen and oxygen atoms in total. The molecule has 0 aromatic heterocycles. The quantitative estimate of drug-likeness (QED) is 0.556. The van der Waals surface area contributed by atoms with Crippen molar-refractivity contribution in [2.45, 2.75) is 32.7 Å². The van der Waals surface area contributed by atoms with Crippen LogP contribution in [-0.2, 0) is 6.42 Å². The van der Waals surface area contributed by atoms with Crippen LogP contribution in [-0.4, -0.2) is 57.2 Å². The lowest BCUT2D eigenvalue weighted by Crippen LogP contribution is -2.44. The van der Waals surface area contributed by atoms with Crippen molar-refractivity contribution in [2.24, 2.45) is 4.99 Å². The lowest BCUT2D eigenvalue weighted by molar-refractivity contribution is 0.204. The number of hydrogen-bond acceptors (Lipinski definition) is 3. The third-order valence-corrected chi connectivity index (χ3v) is 4.48. The van der Waals surface area contributed by atoms with Crippen LogP contribution in [0.25, 0.3) is 0 Å². The van der Waals surface area contributed by atoms with Gasteiger partial charge in [0.15, 0.2) is 5.96 Å². The molecule has 0 spiro atoms. The van der Waals surface area contributed by atoms with E-state index in [2.05, 4.69) is 55.4 Å². The number of benzene rings is 1. The predicted molar refractivity (Wildman–Crippen MR) is 103 cm³/mol. The second kappa shape index (κ2) is 9.74. The summed E-state index contributed by atoms with van der Waals surface area (Å²) in [5, 5.41) is 7.38. The van der Waals surface area contributed by atoms with E-state index in [4.69, 9.17) is 16.3 Å². The van der Waals surface area contributed by atoms with Crippen molar-refractivity contribution in [3.63, 3.8) is 0 Å². The van der Waals surface area contributed by atoms with Gasteiger partial charge < -0.3 is 20.3 Å². The average Bonchev–Trinajstić information content (AvgIpc) is 2.53. The molecular weight excluding hydrogens is 324 g/mol. The van der Waals surface area contributed by atoms with E-state index >= 15 is 0 Å². The Labute approximate surface area is 151 Å². The van der Waals surface area contributed by atoms with Gasteiger partial charge in [-0.1, -0.05) is 17.7 Å². The molecule has 0 atom stereocenters. The fourth-order valence-electron chi connectivity index (χ4n) is 1.93. The van der Waals surface area contributed by atoms with E-state index < -0.39 is 0 Å². The normalized spacial score (nSPS) is 12.4. The minimum atomic E-state index is 0.0155. The zero-order valence-electron chi connectivity index (χ0n) is 15.7. The molecule has 0 unspecified atom stereocenters. The molecule has 0 bridgehead atoms. The molecule has 1 aromatic rings. The van der Waals surface area contributed by atoms with Crippen LogP contribution < -0.4 is 15.4 Å². The predicted octanol–water partition coefficient (Wildman–Crippen LogP) is 2.79. The van der Waals surface area contributed by atoms with E-state index in [1.54, 1.807) is 7.11 Å². The molecule has 0 amide bonds. The summed E-state index contributed by atoms with van der Waals surface area (Å²) in [6, 6.07) is 5.78. The molecule has 6 heteroatoms. The fraction of sp³-hybridized carbons (Fsp3) is 0.611. The summed E-state index contributed by atoms with van der Waals surface area (Å²) in [5.74, 6) is 1.61. The SMILES string of the molecule is CCNC(=NCC(C)(C)N(C)C)NCCc1ccc(OC)cc1Cl. The van der Waals surface area contributed by atoms with E-state index in [9.17, 15) is 0 Å². The van der Waals surface area contributed by atoms with Crippen LogP contribution in [0.5, 0.6) is 5.75 Å². The van der Waals surface area contributed by atoms with Gasteiger partial charge in [0.05, 0.1) is 13.7 Å². The van der Waals surface area contributed by atoms with Crippen LogP contribution in [0.3, 0.4) is 0 Å². The summed E-state index contributed by atoms with van der Waals surface area (Å²) in [6.07, 6.45) is 0.824. The van der Waals surface area contributed by atoms with E-state index in [0.29, 0.717) is 0 Å². The van der Waals surface area contributed by atoms with E-state index in [1.165, 1.54) is 0 Å². The first kappa shape index (κ1) is 20.6. The Morgan fingerprint density at radius 1 is 1.29 bits per heavy atom. The molecule has 0 heterocycles. The molecule has 136 valence electrons. The molecule has 0 radical (unpaired) electrons. The van der Waals surface area contributed by atoms with Gasteiger partial charge in [0.2, 0.25) is 0 Å². The number of rotatable bonds is 8. The first-order valence-electron chi connectivity index (χ1n) is 8.32. The molecule has 0 fully saturated rings. The van der Waals surface area contributed by atoms with Crippen LogP contribution >= 0.6 is 11.6 Å². The first-order valence-corrected chi connectivity index (χ1v) is 8.70. The van der Waals surface area contributed by atoms with Gasteiger partial charge in [0.1, 0.15) is 5.75 Å². The Balaban J connectivity index is 2.60. The topological polar surface area (TPSA) is 48.9 Å². The Bertz CT molecular complexity index is 544. The molecule has 0 saturated carbocycles. The summed E-state index contributed by atoms with van der Waals surface area (Å²) in [5.41, 5.74) is 1.11. The summed E-state index contributed by atoms with van der Waals surface area (Å²) in [7, 11) is 5.78. The Morgan fingerprint density at radius 3 is 2.54 bits per heavy atom. The standard InChI is InChI=1S/C18H31ClN4O/c1-7-20-17(22-13-18(2,3)23(4)5)21-11-10-14-8-9-15(24-6)12-16(14)19/h8-9,12H,7,10-11,13H2,1-6H3,(H2,20,21,22). The molecule has 0 aliphatic carbocycles. The molecule has 1 rings (SSSR count). The lowest BCUT2D eigenvalue weighted by atomic mass is 10.1. The van der Waals surface area contributed by atoms with E-state index in [-0.39, 0.29) is 5.54 Å². The summed E-state index contributed by atoms with van der Waals surface area (Å²) < 4.78 is 5.17. The second-order valence-electron chi connectivity index (χ2n) is 6.54. The molecular formula is C18H31ClN4O. The highest BCUT2D eigenvalue weighted by Gasteiger charge is 2.19. The highest BCUT2D eigenvalue weighted by molar-refractivity contribution is 6.31. The zero-order chi connectivity index (χ0) is 18.2. The number of aliphatic imine (C=N–C) groups is 1. The molecule has 0 saturated heterocycles. The number of ether oxygens (including phenoxy) is 1. The monoisotopic (exact) mass is 354 g/mol. The Kier molecular flexibility index (Phi) is 8.36. The highest BCUT2D eigenvalue weighted by Crippen LogP contribution is 2.22. The molecule has 1 aromatic carbocycles. The van der Waals surface area contributed by atoms with Crippen LogP contribution in [0.15, 0.2) is 23.2 Å². The van der Waals surface area contributed by atoms with E-state index in [1.807, 2.05) is 18.2 Å². The van der Waals surface area contributed by atoms with E-state index in [0.717, 1.165) is 48.4 Å². The van der Waals surface area contributed by atoms with Crippen LogP contribution in [0.2, 0.25) is 5.02 Å². The highest BCUT2D eigenvalue weighted by atomic mass is 35.5. The van der Waals surface area contributed by atoms with Crippen molar-refractivity contribution in [3.05, 3.63) is 28.8 Å². The van der Waals surface area contributed by atoms with Crippen molar-refractivity contribution < 1.29 is 4.74 Å². The molecule has 0 aliphatic heterocycles. The van der Waals surface area contributed by atoms with Crippen LogP contribution in [0.1, 0.15) is 26.3 Å². The van der Waals surface area contributed by atoms with Gasteiger partial charge in [-0.05, 0) is 59.0 Å². The molecule has 24 heavy (non-hydrogen) atoms. The number of hydrogen-bond donors (Lipinski definition) is 2. The maximum Gasteiger partial charge on any atom is 0.191 e. The molecule has 0 aliphatic rings. The lowest BCUT2D eigenvalue weighted by Gasteiger charge is -2.31.